The van der Waals surface area contributed by atoms with Gasteiger partial charge in [0.25, 0.3) is 11.8 Å². The molecule has 0 saturated heterocycles. The molecule has 0 spiro atoms. The predicted octanol–water partition coefficient (Wildman–Crippen LogP) is -0.207. The first-order chi connectivity index (χ1) is 15.8. The lowest BCUT2D eigenvalue weighted by Gasteiger charge is -2.25. The third-order valence-corrected chi connectivity index (χ3v) is 5.87. The van der Waals surface area contributed by atoms with Gasteiger partial charge in [0, 0.05) is 31.7 Å². The molecule has 1 unspecified atom stereocenters. The Bertz CT molecular complexity index is 899. The minimum absolute atomic E-state index is 0.0524. The predicted molar refractivity (Wildman–Crippen MR) is 118 cm³/mol. The van der Waals surface area contributed by atoms with Gasteiger partial charge in [-0.15, -0.1) is 0 Å². The van der Waals surface area contributed by atoms with Crippen LogP contribution in [0, 0.1) is 0 Å². The third-order valence-electron chi connectivity index (χ3n) is 5.00. The molecule has 0 aromatic carbocycles. The van der Waals surface area contributed by atoms with Crippen LogP contribution < -0.4 is 5.32 Å². The van der Waals surface area contributed by atoms with Crippen LogP contribution in [0.1, 0.15) is 39.5 Å². The van der Waals surface area contributed by atoms with Crippen LogP contribution in [0.25, 0.3) is 0 Å². The molecule has 14 heteroatoms. The molecule has 1 heterocycles. The van der Waals surface area contributed by atoms with E-state index in [9.17, 15) is 43.8 Å². The first-order valence-electron chi connectivity index (χ1n) is 10.2. The largest absolute Gasteiger partial charge is 0.480 e. The molecule has 1 aliphatic heterocycles. The van der Waals surface area contributed by atoms with Crippen LogP contribution >= 0.6 is 12.6 Å². The van der Waals surface area contributed by atoms with Gasteiger partial charge in [-0.05, 0) is 33.1 Å². The Kier molecular flexibility index (Phi) is 10.7. The van der Waals surface area contributed by atoms with E-state index in [0.717, 1.165) is 30.9 Å². The molecule has 0 radical (unpaired) electrons. The number of unbranched alkanes of at least 4 members (excludes halogenated alkanes) is 1. The first-order valence-corrected chi connectivity index (χ1v) is 10.7. The molecule has 0 aliphatic carbocycles. The van der Waals surface area contributed by atoms with Crippen LogP contribution in [0.15, 0.2) is 22.4 Å². The van der Waals surface area contributed by atoms with Crippen LogP contribution in [-0.4, -0.2) is 86.3 Å². The SMILES string of the molecule is CC(=O)C(S)(C(C)=O)[C@H](N=NC(CCCCNC(=O)CCN1C(=O)C=CC1=O)C(=O)O)C(=O)O. The Morgan fingerprint density at radius 3 is 2.03 bits per heavy atom. The number of Topliss-reactive ketones (excluding diaryl/α,β-unsaturated/α-hetero) is 2. The van der Waals surface area contributed by atoms with Crippen molar-refractivity contribution in [3.8, 4) is 0 Å². The van der Waals surface area contributed by atoms with Gasteiger partial charge in [-0.1, -0.05) is 0 Å². The molecular weight excluding hydrogens is 472 g/mol. The lowest BCUT2D eigenvalue weighted by atomic mass is 9.91. The first kappa shape index (κ1) is 28.6. The lowest BCUT2D eigenvalue weighted by molar-refractivity contribution is -0.144. The molecule has 3 amide bonds. The number of aliphatic carboxylic acids is 2. The van der Waals surface area contributed by atoms with Crippen molar-refractivity contribution in [3.05, 3.63) is 12.2 Å². The van der Waals surface area contributed by atoms with Crippen LogP contribution in [0.5, 0.6) is 0 Å². The number of rotatable bonds is 15. The minimum atomic E-state index is -2.29. The zero-order valence-corrected chi connectivity index (χ0v) is 19.5. The smallest absolute Gasteiger partial charge is 0.332 e. The maximum Gasteiger partial charge on any atom is 0.332 e. The van der Waals surface area contributed by atoms with E-state index in [0.29, 0.717) is 6.42 Å². The van der Waals surface area contributed by atoms with Crippen LogP contribution in [0.4, 0.5) is 0 Å². The maximum absolute atomic E-state index is 11.8. The summed E-state index contributed by atoms with van der Waals surface area (Å²) in [7, 11) is 0. The number of hydrogen-bond donors (Lipinski definition) is 4. The summed E-state index contributed by atoms with van der Waals surface area (Å²) in [6.07, 6.45) is 2.72. The van der Waals surface area contributed by atoms with E-state index in [4.69, 9.17) is 0 Å². The summed E-state index contributed by atoms with van der Waals surface area (Å²) < 4.78 is -2.29. The zero-order valence-electron chi connectivity index (χ0n) is 18.6. The summed E-state index contributed by atoms with van der Waals surface area (Å²) in [5.41, 5.74) is 0. The van der Waals surface area contributed by atoms with Crippen molar-refractivity contribution in [3.63, 3.8) is 0 Å². The van der Waals surface area contributed by atoms with Crippen LogP contribution in [0.3, 0.4) is 0 Å². The third kappa shape index (κ3) is 7.57. The van der Waals surface area contributed by atoms with Crippen molar-refractivity contribution in [1.82, 2.24) is 10.2 Å². The van der Waals surface area contributed by atoms with Gasteiger partial charge < -0.3 is 15.5 Å². The fraction of sp³-hybridized carbons (Fsp3) is 0.550. The van der Waals surface area contributed by atoms with Crippen LogP contribution in [0.2, 0.25) is 0 Å². The number of imide groups is 1. The quantitative estimate of drug-likeness (QED) is 0.0775. The molecule has 34 heavy (non-hydrogen) atoms. The number of carboxylic acids is 2. The molecule has 186 valence electrons. The van der Waals surface area contributed by atoms with E-state index < -0.39 is 58.1 Å². The highest BCUT2D eigenvalue weighted by Crippen LogP contribution is 2.26. The Hall–Kier alpha value is -3.42. The summed E-state index contributed by atoms with van der Waals surface area (Å²) >= 11 is 3.90. The van der Waals surface area contributed by atoms with Gasteiger partial charge in [-0.3, -0.25) is 28.9 Å². The van der Waals surface area contributed by atoms with Crippen molar-refractivity contribution in [2.75, 3.05) is 13.1 Å². The normalized spacial score (nSPS) is 15.4. The Morgan fingerprint density at radius 2 is 1.56 bits per heavy atom. The van der Waals surface area contributed by atoms with Gasteiger partial charge in [0.2, 0.25) is 5.91 Å². The molecule has 0 bridgehead atoms. The molecule has 0 fully saturated rings. The standard InChI is InChI=1S/C20H26N4O9S/c1-11(25)20(34,12(2)26)17(19(32)33)23-22-13(18(30)31)5-3-4-9-21-14(27)8-10-24-15(28)6-7-16(24)29/h6-7,13,17,34H,3-5,8-10H2,1-2H3,(H,21,27)(H,30,31)(H,32,33)/t13?,17-/m1/s1. The monoisotopic (exact) mass is 498 g/mol. The van der Waals surface area contributed by atoms with E-state index >= 15 is 0 Å². The second-order valence-corrected chi connectivity index (χ2v) is 8.17. The number of carboxylic acid groups (broad SMARTS) is 2. The number of amides is 3. The van der Waals surface area contributed by atoms with E-state index in [1.54, 1.807) is 0 Å². The fourth-order valence-corrected chi connectivity index (χ4v) is 3.13. The van der Waals surface area contributed by atoms with Crippen LogP contribution in [-0.2, 0) is 33.6 Å². The highest BCUT2D eigenvalue weighted by Gasteiger charge is 2.49. The summed E-state index contributed by atoms with van der Waals surface area (Å²) in [5.74, 6) is -6.16. The van der Waals surface area contributed by atoms with E-state index in [-0.39, 0.29) is 32.4 Å². The number of carbonyl (C=O) groups is 7. The molecule has 0 saturated carbocycles. The van der Waals surface area contributed by atoms with Gasteiger partial charge in [-0.25, -0.2) is 9.59 Å². The molecule has 2 atom stereocenters. The lowest BCUT2D eigenvalue weighted by Crippen LogP contribution is -2.52. The number of thiol groups is 1. The molecule has 1 aliphatic rings. The van der Waals surface area contributed by atoms with Crippen molar-refractivity contribution in [1.29, 1.82) is 0 Å². The molecule has 1 rings (SSSR count). The summed E-state index contributed by atoms with van der Waals surface area (Å²) in [6, 6.07) is -3.44. The topological polar surface area (TPSA) is 200 Å². The van der Waals surface area contributed by atoms with Gasteiger partial charge in [0.05, 0.1) is 0 Å². The second-order valence-electron chi connectivity index (χ2n) is 7.46. The average molecular weight is 499 g/mol. The van der Waals surface area contributed by atoms with Crippen molar-refractivity contribution >= 4 is 53.9 Å². The average Bonchev–Trinajstić information content (AvgIpc) is 3.06. The van der Waals surface area contributed by atoms with Crippen molar-refractivity contribution in [2.45, 2.75) is 56.4 Å². The number of nitrogens with one attached hydrogen (secondary N) is 1. The van der Waals surface area contributed by atoms with E-state index in [1.165, 1.54) is 0 Å². The second kappa shape index (κ2) is 12.7. The highest BCUT2D eigenvalue weighted by molar-refractivity contribution is 7.84. The fourth-order valence-electron chi connectivity index (χ4n) is 2.97. The number of hydrogen-bond acceptors (Lipinski definition) is 10. The van der Waals surface area contributed by atoms with Gasteiger partial charge in [0.15, 0.2) is 28.4 Å². The van der Waals surface area contributed by atoms with E-state index in [1.807, 2.05) is 0 Å². The van der Waals surface area contributed by atoms with Gasteiger partial charge in [0.1, 0.15) is 0 Å². The maximum atomic E-state index is 11.8. The molecule has 3 N–H and O–H groups in total. The number of carbonyl (C=O) groups excluding carboxylic acids is 5. The number of ketones is 2. The number of azo groups is 1. The van der Waals surface area contributed by atoms with Gasteiger partial charge >= 0.3 is 11.9 Å². The molecular formula is C20H26N4O9S. The van der Waals surface area contributed by atoms with Gasteiger partial charge in [-0.2, -0.15) is 22.9 Å². The summed E-state index contributed by atoms with van der Waals surface area (Å²) in [6.45, 7) is 2.08. The Morgan fingerprint density at radius 1 is 1.00 bits per heavy atom. The van der Waals surface area contributed by atoms with Crippen molar-refractivity contribution < 1.29 is 43.8 Å². The molecule has 13 nitrogen and oxygen atoms in total. The molecule has 0 aromatic rings. The Labute approximate surface area is 200 Å². The highest BCUT2D eigenvalue weighted by atomic mass is 32.1. The molecule has 0 aromatic heterocycles. The number of nitrogens with zero attached hydrogens (tertiary/aromatic N) is 3. The minimum Gasteiger partial charge on any atom is -0.480 e. The Balaban J connectivity index is 2.56. The zero-order chi connectivity index (χ0) is 26.1. The summed E-state index contributed by atoms with van der Waals surface area (Å²) in [4.78, 5) is 82.3. The van der Waals surface area contributed by atoms with E-state index in [2.05, 4.69) is 28.2 Å². The van der Waals surface area contributed by atoms with Crippen molar-refractivity contribution in [2.24, 2.45) is 10.2 Å². The summed E-state index contributed by atoms with van der Waals surface area (Å²) in [5, 5.41) is 28.2.